The van der Waals surface area contributed by atoms with E-state index in [1.54, 1.807) is 11.3 Å². The summed E-state index contributed by atoms with van der Waals surface area (Å²) in [7, 11) is 2.17. The van der Waals surface area contributed by atoms with Gasteiger partial charge >= 0.3 is 0 Å². The molecule has 0 aliphatic heterocycles. The van der Waals surface area contributed by atoms with Gasteiger partial charge in [0.25, 0.3) is 0 Å². The van der Waals surface area contributed by atoms with Crippen LogP contribution in [0.4, 0.5) is 0 Å². The first-order valence-corrected chi connectivity index (χ1v) is 7.43. The van der Waals surface area contributed by atoms with Crippen molar-refractivity contribution in [2.24, 2.45) is 5.73 Å². The standard InChI is InChI=1S/C12H21BrN2S/c1-4-5-9(2)15(3)11(7-14)12-6-10(13)8-16-12/h6,8-9,11H,4-5,7,14H2,1-3H3. The molecule has 0 radical (unpaired) electrons. The van der Waals surface area contributed by atoms with Crippen LogP contribution in [-0.4, -0.2) is 24.5 Å². The highest BCUT2D eigenvalue weighted by atomic mass is 79.9. The second kappa shape index (κ2) is 6.74. The molecule has 2 unspecified atom stereocenters. The summed E-state index contributed by atoms with van der Waals surface area (Å²) < 4.78 is 1.16. The quantitative estimate of drug-likeness (QED) is 0.869. The van der Waals surface area contributed by atoms with Crippen LogP contribution in [0.2, 0.25) is 0 Å². The fraction of sp³-hybridized carbons (Fsp3) is 0.667. The summed E-state index contributed by atoms with van der Waals surface area (Å²) in [4.78, 5) is 3.74. The zero-order chi connectivity index (χ0) is 12.1. The minimum atomic E-state index is 0.345. The van der Waals surface area contributed by atoms with Crippen LogP contribution in [0.1, 0.15) is 37.6 Å². The van der Waals surface area contributed by atoms with Crippen molar-refractivity contribution in [3.63, 3.8) is 0 Å². The van der Waals surface area contributed by atoms with E-state index < -0.39 is 0 Å². The van der Waals surface area contributed by atoms with Crippen molar-refractivity contribution in [2.45, 2.75) is 38.8 Å². The van der Waals surface area contributed by atoms with Gasteiger partial charge in [0.15, 0.2) is 0 Å². The molecule has 2 atom stereocenters. The van der Waals surface area contributed by atoms with E-state index in [0.29, 0.717) is 18.6 Å². The lowest BCUT2D eigenvalue weighted by Gasteiger charge is -2.31. The molecule has 0 aromatic carbocycles. The molecular formula is C12H21BrN2S. The smallest absolute Gasteiger partial charge is 0.0564 e. The van der Waals surface area contributed by atoms with Gasteiger partial charge in [0, 0.05) is 27.3 Å². The van der Waals surface area contributed by atoms with E-state index in [9.17, 15) is 0 Å². The van der Waals surface area contributed by atoms with Crippen LogP contribution < -0.4 is 5.73 Å². The zero-order valence-corrected chi connectivity index (χ0v) is 12.6. The largest absolute Gasteiger partial charge is 0.329 e. The molecule has 0 amide bonds. The topological polar surface area (TPSA) is 29.3 Å². The first-order valence-electron chi connectivity index (χ1n) is 5.76. The summed E-state index contributed by atoms with van der Waals surface area (Å²) in [6, 6.07) is 3.11. The molecule has 1 heterocycles. The summed E-state index contributed by atoms with van der Waals surface area (Å²) in [5.41, 5.74) is 5.90. The van der Waals surface area contributed by atoms with Gasteiger partial charge in [0.1, 0.15) is 0 Å². The van der Waals surface area contributed by atoms with Crippen molar-refractivity contribution < 1.29 is 0 Å². The number of nitrogens with two attached hydrogens (primary N) is 1. The number of likely N-dealkylation sites (N-methyl/N-ethyl adjacent to an activating group) is 1. The van der Waals surface area contributed by atoms with E-state index in [1.165, 1.54) is 17.7 Å². The normalized spacial score (nSPS) is 15.4. The van der Waals surface area contributed by atoms with Gasteiger partial charge in [-0.1, -0.05) is 13.3 Å². The number of hydrogen-bond acceptors (Lipinski definition) is 3. The zero-order valence-electron chi connectivity index (χ0n) is 10.2. The third-order valence-electron chi connectivity index (χ3n) is 3.03. The second-order valence-corrected chi connectivity index (χ2v) is 6.08. The molecule has 1 aromatic heterocycles. The van der Waals surface area contributed by atoms with Gasteiger partial charge in [-0.3, -0.25) is 4.90 Å². The molecule has 0 saturated carbocycles. The van der Waals surface area contributed by atoms with E-state index >= 15 is 0 Å². The maximum absolute atomic E-state index is 5.90. The van der Waals surface area contributed by atoms with Crippen molar-refractivity contribution >= 4 is 27.3 Å². The lowest BCUT2D eigenvalue weighted by Crippen LogP contribution is -2.36. The maximum Gasteiger partial charge on any atom is 0.0564 e. The van der Waals surface area contributed by atoms with E-state index in [1.807, 2.05) is 0 Å². The summed E-state index contributed by atoms with van der Waals surface area (Å²) in [6.07, 6.45) is 2.44. The number of halogens is 1. The monoisotopic (exact) mass is 304 g/mol. The SMILES string of the molecule is CCCC(C)N(C)C(CN)c1cc(Br)cs1. The molecule has 1 aromatic rings. The molecule has 4 heteroatoms. The minimum Gasteiger partial charge on any atom is -0.329 e. The van der Waals surface area contributed by atoms with Gasteiger partial charge in [-0.25, -0.2) is 0 Å². The van der Waals surface area contributed by atoms with E-state index in [2.05, 4.69) is 53.2 Å². The lowest BCUT2D eigenvalue weighted by atomic mass is 10.1. The van der Waals surface area contributed by atoms with Crippen LogP contribution in [0.25, 0.3) is 0 Å². The molecule has 1 rings (SSSR count). The van der Waals surface area contributed by atoms with Gasteiger partial charge < -0.3 is 5.73 Å². The fourth-order valence-corrected chi connectivity index (χ4v) is 3.52. The summed E-state index contributed by atoms with van der Waals surface area (Å²) in [5.74, 6) is 0. The maximum atomic E-state index is 5.90. The molecule has 0 spiro atoms. The second-order valence-electron chi connectivity index (χ2n) is 4.22. The Bertz CT molecular complexity index is 314. The molecule has 0 bridgehead atoms. The van der Waals surface area contributed by atoms with E-state index in [4.69, 9.17) is 5.73 Å². The first kappa shape index (κ1) is 14.2. The number of thiophene rings is 1. The average molecular weight is 305 g/mol. The number of rotatable bonds is 6. The van der Waals surface area contributed by atoms with Crippen molar-refractivity contribution in [1.82, 2.24) is 4.90 Å². The van der Waals surface area contributed by atoms with Crippen molar-refractivity contribution in [1.29, 1.82) is 0 Å². The van der Waals surface area contributed by atoms with Crippen LogP contribution in [0.5, 0.6) is 0 Å². The van der Waals surface area contributed by atoms with Gasteiger partial charge in [-0.05, 0) is 42.4 Å². The van der Waals surface area contributed by atoms with Gasteiger partial charge in [0.2, 0.25) is 0 Å². The van der Waals surface area contributed by atoms with Gasteiger partial charge in [-0.2, -0.15) is 0 Å². The first-order chi connectivity index (χ1) is 7.60. The highest BCUT2D eigenvalue weighted by Gasteiger charge is 2.20. The number of hydrogen-bond donors (Lipinski definition) is 1. The summed E-state index contributed by atoms with van der Waals surface area (Å²) >= 11 is 5.28. The molecule has 0 saturated heterocycles. The van der Waals surface area contributed by atoms with E-state index in [0.717, 1.165) is 4.47 Å². The third-order valence-corrected chi connectivity index (χ3v) is 4.83. The Hall–Kier alpha value is 0.1000. The van der Waals surface area contributed by atoms with Gasteiger partial charge in [-0.15, -0.1) is 11.3 Å². The molecular weight excluding hydrogens is 284 g/mol. The van der Waals surface area contributed by atoms with Crippen LogP contribution in [0.3, 0.4) is 0 Å². The molecule has 0 aliphatic rings. The summed E-state index contributed by atoms with van der Waals surface area (Å²) in [5, 5.41) is 2.12. The highest BCUT2D eigenvalue weighted by Crippen LogP contribution is 2.29. The Kier molecular flexibility index (Phi) is 5.97. The minimum absolute atomic E-state index is 0.345. The Morgan fingerprint density at radius 3 is 2.69 bits per heavy atom. The highest BCUT2D eigenvalue weighted by molar-refractivity contribution is 9.10. The molecule has 16 heavy (non-hydrogen) atoms. The number of nitrogens with zero attached hydrogens (tertiary/aromatic N) is 1. The van der Waals surface area contributed by atoms with Gasteiger partial charge in [0.05, 0.1) is 6.04 Å². The van der Waals surface area contributed by atoms with Crippen molar-refractivity contribution in [3.8, 4) is 0 Å². The van der Waals surface area contributed by atoms with Crippen molar-refractivity contribution in [3.05, 3.63) is 20.8 Å². The Morgan fingerprint density at radius 1 is 1.56 bits per heavy atom. The lowest BCUT2D eigenvalue weighted by molar-refractivity contribution is 0.182. The van der Waals surface area contributed by atoms with Crippen LogP contribution in [0.15, 0.2) is 15.9 Å². The predicted molar refractivity (Wildman–Crippen MR) is 75.9 cm³/mol. The Morgan fingerprint density at radius 2 is 2.25 bits per heavy atom. The van der Waals surface area contributed by atoms with Crippen molar-refractivity contribution in [2.75, 3.05) is 13.6 Å². The fourth-order valence-electron chi connectivity index (χ4n) is 1.91. The van der Waals surface area contributed by atoms with Crippen LogP contribution >= 0.6 is 27.3 Å². The Labute approximate surface area is 111 Å². The molecule has 2 N–H and O–H groups in total. The molecule has 92 valence electrons. The van der Waals surface area contributed by atoms with Crippen LogP contribution in [0, 0.1) is 0 Å². The average Bonchev–Trinajstić information content (AvgIpc) is 2.66. The van der Waals surface area contributed by atoms with Crippen LogP contribution in [-0.2, 0) is 0 Å². The third kappa shape index (κ3) is 3.55. The predicted octanol–water partition coefficient (Wildman–Crippen LogP) is 3.63. The van der Waals surface area contributed by atoms with E-state index in [-0.39, 0.29) is 0 Å². The molecule has 0 fully saturated rings. The Balaban J connectivity index is 2.73. The summed E-state index contributed by atoms with van der Waals surface area (Å²) in [6.45, 7) is 5.18. The molecule has 0 aliphatic carbocycles. The molecule has 2 nitrogen and oxygen atoms in total.